The summed E-state index contributed by atoms with van der Waals surface area (Å²) in [4.78, 5) is 14.6. The highest BCUT2D eigenvalue weighted by molar-refractivity contribution is 6.03. The lowest BCUT2D eigenvalue weighted by Crippen LogP contribution is -2.55. The summed E-state index contributed by atoms with van der Waals surface area (Å²) in [6.07, 6.45) is -0.135. The lowest BCUT2D eigenvalue weighted by Gasteiger charge is -2.48. The Bertz CT molecular complexity index is 1120. The third-order valence-corrected chi connectivity index (χ3v) is 5.72. The van der Waals surface area contributed by atoms with E-state index in [2.05, 4.69) is 6.07 Å². The van der Waals surface area contributed by atoms with Crippen LogP contribution in [-0.4, -0.2) is 11.0 Å². The molecule has 156 valence electrons. The fourth-order valence-electron chi connectivity index (χ4n) is 4.12. The lowest BCUT2D eigenvalue weighted by atomic mass is 9.77. The van der Waals surface area contributed by atoms with Gasteiger partial charge in [-0.2, -0.15) is 5.26 Å². The molecule has 1 heterocycles. The number of aliphatic hydroxyl groups excluding tert-OH is 1. The van der Waals surface area contributed by atoms with Crippen molar-refractivity contribution in [2.75, 3.05) is 4.90 Å². The largest absolute Gasteiger partial charge is 0.388 e. The number of benzene rings is 3. The number of hydrogen-bond donors (Lipinski definition) is 1. The normalized spacial score (nSPS) is 18.9. The van der Waals surface area contributed by atoms with Gasteiger partial charge in [-0.25, -0.2) is 8.78 Å². The first-order valence-electron chi connectivity index (χ1n) is 10.0. The molecule has 0 aromatic heterocycles. The van der Waals surface area contributed by atoms with Gasteiger partial charge in [0.25, 0.3) is 0 Å². The predicted molar refractivity (Wildman–Crippen MR) is 112 cm³/mol. The van der Waals surface area contributed by atoms with Gasteiger partial charge in [0.2, 0.25) is 5.91 Å². The maximum atomic E-state index is 13.4. The summed E-state index contributed by atoms with van der Waals surface area (Å²) in [5, 5.41) is 20.0. The van der Waals surface area contributed by atoms with Gasteiger partial charge in [-0.3, -0.25) is 4.79 Å². The van der Waals surface area contributed by atoms with E-state index in [0.717, 1.165) is 5.56 Å². The van der Waals surface area contributed by atoms with Gasteiger partial charge in [-0.05, 0) is 66.4 Å². The topological polar surface area (TPSA) is 64.3 Å². The van der Waals surface area contributed by atoms with Crippen molar-refractivity contribution in [2.24, 2.45) is 5.92 Å². The summed E-state index contributed by atoms with van der Waals surface area (Å²) < 4.78 is 26.5. The molecule has 4 nitrogen and oxygen atoms in total. The number of halogens is 2. The van der Waals surface area contributed by atoms with Gasteiger partial charge in [0.05, 0.1) is 29.7 Å². The molecule has 1 fully saturated rings. The average Bonchev–Trinajstić information content (AvgIpc) is 2.79. The summed E-state index contributed by atoms with van der Waals surface area (Å²) in [7, 11) is 0. The number of β-lactam (4-membered cyclic amide) rings is 1. The second-order valence-electron chi connectivity index (χ2n) is 7.58. The zero-order valence-electron chi connectivity index (χ0n) is 16.6. The summed E-state index contributed by atoms with van der Waals surface area (Å²) in [5.74, 6) is -1.36. The Morgan fingerprint density at radius 1 is 0.968 bits per heavy atom. The Hall–Kier alpha value is -3.56. The van der Waals surface area contributed by atoms with Gasteiger partial charge in [-0.1, -0.05) is 30.3 Å². The van der Waals surface area contributed by atoms with Gasteiger partial charge in [-0.15, -0.1) is 0 Å². The molecule has 1 aliphatic heterocycles. The van der Waals surface area contributed by atoms with Crippen LogP contribution >= 0.6 is 0 Å². The molecule has 0 radical (unpaired) electrons. The molecule has 0 bridgehead atoms. The molecule has 3 atom stereocenters. The fraction of sp³-hybridized carbons (Fsp3) is 0.200. The van der Waals surface area contributed by atoms with E-state index in [1.54, 1.807) is 29.2 Å². The van der Waals surface area contributed by atoms with Crippen LogP contribution in [0, 0.1) is 28.9 Å². The van der Waals surface area contributed by atoms with Gasteiger partial charge < -0.3 is 10.0 Å². The number of carbonyl (C=O) groups excluding carboxylic acids is 1. The van der Waals surface area contributed by atoms with E-state index in [4.69, 9.17) is 0 Å². The molecule has 3 aromatic rings. The van der Waals surface area contributed by atoms with Gasteiger partial charge >= 0.3 is 0 Å². The van der Waals surface area contributed by atoms with Crippen molar-refractivity contribution in [3.05, 3.63) is 101 Å². The Morgan fingerprint density at radius 2 is 1.58 bits per heavy atom. The first kappa shape index (κ1) is 20.7. The molecule has 1 N–H and O–H groups in total. The van der Waals surface area contributed by atoms with Crippen LogP contribution in [0.25, 0.3) is 0 Å². The quantitative estimate of drug-likeness (QED) is 0.570. The van der Waals surface area contributed by atoms with E-state index in [1.807, 2.05) is 12.1 Å². The molecule has 1 amide bonds. The number of aliphatic hydroxyl groups is 1. The number of hydrogen-bond acceptors (Lipinski definition) is 3. The molecule has 1 saturated heterocycles. The fourth-order valence-corrected chi connectivity index (χ4v) is 4.12. The van der Waals surface area contributed by atoms with Crippen LogP contribution in [0.5, 0.6) is 0 Å². The van der Waals surface area contributed by atoms with Gasteiger partial charge in [0.15, 0.2) is 0 Å². The van der Waals surface area contributed by atoms with Crippen molar-refractivity contribution in [3.8, 4) is 6.07 Å². The highest BCUT2D eigenvalue weighted by Gasteiger charge is 2.49. The van der Waals surface area contributed by atoms with Crippen molar-refractivity contribution in [2.45, 2.75) is 25.0 Å². The number of amides is 1. The predicted octanol–water partition coefficient (Wildman–Crippen LogP) is 5.05. The first-order chi connectivity index (χ1) is 15.0. The maximum Gasteiger partial charge on any atom is 0.233 e. The first-order valence-corrected chi connectivity index (χ1v) is 10.0. The van der Waals surface area contributed by atoms with Crippen LogP contribution in [0.2, 0.25) is 0 Å². The average molecular weight is 418 g/mol. The van der Waals surface area contributed by atoms with Crippen molar-refractivity contribution in [1.29, 1.82) is 5.26 Å². The summed E-state index contributed by atoms with van der Waals surface area (Å²) in [5.41, 5.74) is 2.32. The van der Waals surface area contributed by atoms with Crippen LogP contribution in [-0.2, 0) is 4.79 Å². The van der Waals surface area contributed by atoms with E-state index in [-0.39, 0.29) is 11.7 Å². The van der Waals surface area contributed by atoms with E-state index >= 15 is 0 Å². The number of rotatable bonds is 6. The number of nitrogens with zero attached hydrogens (tertiary/aromatic N) is 2. The highest BCUT2D eigenvalue weighted by atomic mass is 19.1. The monoisotopic (exact) mass is 418 g/mol. The third kappa shape index (κ3) is 4.05. The molecule has 31 heavy (non-hydrogen) atoms. The minimum atomic E-state index is -0.833. The standard InChI is InChI=1S/C25H20F2N2O2/c26-18-7-5-16(6-8-18)23(30)14-13-22-24(21-4-2-1-3-17(21)15-28)29(25(22)31)20-11-9-19(27)10-12-20/h1-12,22-24,30H,13-14H2. The number of carbonyl (C=O) groups is 1. The van der Waals surface area contributed by atoms with Gasteiger partial charge in [0.1, 0.15) is 11.6 Å². The zero-order chi connectivity index (χ0) is 22.0. The molecular weight excluding hydrogens is 398 g/mol. The van der Waals surface area contributed by atoms with E-state index in [0.29, 0.717) is 29.7 Å². The van der Waals surface area contributed by atoms with E-state index in [1.165, 1.54) is 36.4 Å². The van der Waals surface area contributed by atoms with Crippen LogP contribution in [0.1, 0.15) is 41.7 Å². The SMILES string of the molecule is N#Cc1ccccc1C1C(CCC(O)c2ccc(F)cc2)C(=O)N1c1ccc(F)cc1. The van der Waals surface area contributed by atoms with E-state index < -0.39 is 23.9 Å². The second kappa shape index (κ2) is 8.66. The molecule has 0 aliphatic carbocycles. The summed E-state index contributed by atoms with van der Waals surface area (Å²) in [6, 6.07) is 20.2. The smallest absolute Gasteiger partial charge is 0.233 e. The lowest BCUT2D eigenvalue weighted by molar-refractivity contribution is -0.131. The minimum Gasteiger partial charge on any atom is -0.388 e. The Morgan fingerprint density at radius 3 is 2.23 bits per heavy atom. The molecule has 0 saturated carbocycles. The van der Waals surface area contributed by atoms with Crippen molar-refractivity contribution < 1.29 is 18.7 Å². The second-order valence-corrected chi connectivity index (χ2v) is 7.58. The third-order valence-electron chi connectivity index (χ3n) is 5.72. The Labute approximate surface area is 179 Å². The molecule has 3 unspecified atom stereocenters. The Kier molecular flexibility index (Phi) is 5.79. The van der Waals surface area contributed by atoms with Crippen molar-refractivity contribution in [3.63, 3.8) is 0 Å². The van der Waals surface area contributed by atoms with E-state index in [9.17, 15) is 23.9 Å². The van der Waals surface area contributed by atoms with Crippen LogP contribution in [0.4, 0.5) is 14.5 Å². The summed E-state index contributed by atoms with van der Waals surface area (Å²) >= 11 is 0. The van der Waals surface area contributed by atoms with Crippen molar-refractivity contribution in [1.82, 2.24) is 0 Å². The van der Waals surface area contributed by atoms with Crippen LogP contribution in [0.15, 0.2) is 72.8 Å². The number of nitriles is 1. The Balaban J connectivity index is 1.60. The van der Waals surface area contributed by atoms with Crippen LogP contribution in [0.3, 0.4) is 0 Å². The van der Waals surface area contributed by atoms with Crippen LogP contribution < -0.4 is 4.90 Å². The molecule has 1 aliphatic rings. The molecule has 3 aromatic carbocycles. The summed E-state index contributed by atoms with van der Waals surface area (Å²) in [6.45, 7) is 0. The maximum absolute atomic E-state index is 13.4. The highest BCUT2D eigenvalue weighted by Crippen LogP contribution is 2.47. The van der Waals surface area contributed by atoms with Crippen molar-refractivity contribution >= 4 is 11.6 Å². The van der Waals surface area contributed by atoms with Gasteiger partial charge in [0, 0.05) is 5.69 Å². The molecule has 4 rings (SSSR count). The zero-order valence-corrected chi connectivity index (χ0v) is 16.6. The molecular formula is C25H20F2N2O2. The molecule has 6 heteroatoms. The minimum absolute atomic E-state index is 0.143. The molecule has 0 spiro atoms. The number of anilines is 1.